The number of hydrogen-bond acceptors (Lipinski definition) is 2. The fraction of sp³-hybridized carbons (Fsp3) is 0.600. The Morgan fingerprint density at radius 3 is 2.88 bits per heavy atom. The molecule has 1 saturated heterocycles. The zero-order valence-corrected chi connectivity index (χ0v) is 10.9. The zero-order chi connectivity index (χ0) is 12.3. The van der Waals surface area contributed by atoms with Gasteiger partial charge in [0.15, 0.2) is 0 Å². The predicted molar refractivity (Wildman–Crippen MR) is 71.0 cm³/mol. The minimum absolute atomic E-state index is 0.458. The van der Waals surface area contributed by atoms with Gasteiger partial charge in [0.05, 0.1) is 5.60 Å². The number of hydrogen-bond donors (Lipinski definition) is 2. The Morgan fingerprint density at radius 1 is 1.41 bits per heavy atom. The molecule has 1 heterocycles. The van der Waals surface area contributed by atoms with Crippen molar-refractivity contribution in [2.24, 2.45) is 0 Å². The number of benzene rings is 1. The molecular weight excluding hydrogens is 210 g/mol. The summed E-state index contributed by atoms with van der Waals surface area (Å²) >= 11 is 0. The van der Waals surface area contributed by atoms with Gasteiger partial charge in [-0.2, -0.15) is 0 Å². The van der Waals surface area contributed by atoms with Crippen molar-refractivity contribution in [3.8, 4) is 0 Å². The monoisotopic (exact) mass is 233 g/mol. The molecule has 0 radical (unpaired) electrons. The van der Waals surface area contributed by atoms with E-state index in [0.717, 1.165) is 18.5 Å². The average Bonchev–Trinajstić information content (AvgIpc) is 2.30. The third-order valence-corrected chi connectivity index (χ3v) is 3.70. The van der Waals surface area contributed by atoms with Gasteiger partial charge < -0.3 is 10.4 Å². The fourth-order valence-corrected chi connectivity index (χ4v) is 2.68. The molecule has 0 bridgehead atoms. The molecule has 1 fully saturated rings. The molecule has 1 aromatic carbocycles. The van der Waals surface area contributed by atoms with Crippen LogP contribution in [-0.4, -0.2) is 17.7 Å². The maximum atomic E-state index is 10.6. The summed E-state index contributed by atoms with van der Waals surface area (Å²) in [6, 6.07) is 8.66. The minimum atomic E-state index is -0.721. The van der Waals surface area contributed by atoms with Crippen LogP contribution in [0.4, 0.5) is 0 Å². The second-order valence-corrected chi connectivity index (χ2v) is 5.49. The van der Waals surface area contributed by atoms with Crippen LogP contribution in [0.1, 0.15) is 43.7 Å². The van der Waals surface area contributed by atoms with Crippen molar-refractivity contribution in [3.63, 3.8) is 0 Å². The van der Waals surface area contributed by atoms with Crippen LogP contribution in [-0.2, 0) is 5.60 Å². The third kappa shape index (κ3) is 3.30. The molecule has 1 aromatic rings. The zero-order valence-electron chi connectivity index (χ0n) is 10.9. The minimum Gasteiger partial charge on any atom is -0.385 e. The van der Waals surface area contributed by atoms with Crippen LogP contribution in [0.3, 0.4) is 0 Å². The predicted octanol–water partition coefficient (Wildman–Crippen LogP) is 2.73. The second kappa shape index (κ2) is 5.19. The first-order valence-electron chi connectivity index (χ1n) is 6.61. The third-order valence-electron chi connectivity index (χ3n) is 3.70. The van der Waals surface area contributed by atoms with Crippen LogP contribution in [0.2, 0.25) is 0 Å². The van der Waals surface area contributed by atoms with Crippen molar-refractivity contribution >= 4 is 0 Å². The molecule has 2 N–H and O–H groups in total. The van der Waals surface area contributed by atoms with Gasteiger partial charge in [-0.15, -0.1) is 0 Å². The van der Waals surface area contributed by atoms with Gasteiger partial charge in [-0.1, -0.05) is 36.2 Å². The van der Waals surface area contributed by atoms with Gasteiger partial charge >= 0.3 is 0 Å². The summed E-state index contributed by atoms with van der Waals surface area (Å²) < 4.78 is 0. The lowest BCUT2D eigenvalue weighted by Crippen LogP contribution is -2.39. The van der Waals surface area contributed by atoms with Crippen LogP contribution < -0.4 is 5.32 Å². The van der Waals surface area contributed by atoms with Gasteiger partial charge in [0.25, 0.3) is 0 Å². The number of piperidine rings is 1. The Labute approximate surface area is 104 Å². The summed E-state index contributed by atoms with van der Waals surface area (Å²) in [6.07, 6.45) is 4.53. The highest BCUT2D eigenvalue weighted by molar-refractivity contribution is 5.27. The molecule has 1 aliphatic rings. The van der Waals surface area contributed by atoms with E-state index in [-0.39, 0.29) is 0 Å². The highest BCUT2D eigenvalue weighted by Gasteiger charge is 2.28. The van der Waals surface area contributed by atoms with Gasteiger partial charge in [-0.25, -0.2) is 0 Å². The smallest absolute Gasteiger partial charge is 0.0883 e. The normalized spacial score (nSPS) is 24.3. The Morgan fingerprint density at radius 2 is 2.24 bits per heavy atom. The lowest BCUT2D eigenvalue weighted by atomic mass is 9.86. The van der Waals surface area contributed by atoms with Gasteiger partial charge in [0.2, 0.25) is 0 Å². The molecule has 0 amide bonds. The van der Waals surface area contributed by atoms with Crippen molar-refractivity contribution in [3.05, 3.63) is 35.4 Å². The first-order valence-corrected chi connectivity index (χ1v) is 6.61. The van der Waals surface area contributed by atoms with Gasteiger partial charge in [-0.05, 0) is 45.2 Å². The molecule has 0 aromatic heterocycles. The standard InChI is InChI=1S/C15H23NO/c1-12-6-5-7-13(10-12)15(2,17)11-14-8-3-4-9-16-14/h5-7,10,14,16-17H,3-4,8-9,11H2,1-2H3. The molecule has 1 aliphatic heterocycles. The lowest BCUT2D eigenvalue weighted by Gasteiger charge is -2.32. The van der Waals surface area contributed by atoms with E-state index in [9.17, 15) is 5.11 Å². The number of aryl methyl sites for hydroxylation is 1. The Kier molecular flexibility index (Phi) is 3.85. The molecular formula is C15H23NO. The number of nitrogens with one attached hydrogen (secondary N) is 1. The highest BCUT2D eigenvalue weighted by Crippen LogP contribution is 2.28. The van der Waals surface area contributed by atoms with E-state index in [2.05, 4.69) is 24.4 Å². The summed E-state index contributed by atoms with van der Waals surface area (Å²) in [7, 11) is 0. The molecule has 94 valence electrons. The number of rotatable bonds is 3. The van der Waals surface area contributed by atoms with E-state index in [0.29, 0.717) is 6.04 Å². The fourth-order valence-electron chi connectivity index (χ4n) is 2.68. The van der Waals surface area contributed by atoms with Crippen molar-refractivity contribution < 1.29 is 5.11 Å². The van der Waals surface area contributed by atoms with Crippen LogP contribution in [0.15, 0.2) is 24.3 Å². The second-order valence-electron chi connectivity index (χ2n) is 5.49. The van der Waals surface area contributed by atoms with E-state index in [1.165, 1.54) is 24.8 Å². The van der Waals surface area contributed by atoms with E-state index >= 15 is 0 Å². The topological polar surface area (TPSA) is 32.3 Å². The maximum absolute atomic E-state index is 10.6. The molecule has 2 heteroatoms. The maximum Gasteiger partial charge on any atom is 0.0883 e. The molecule has 2 rings (SSSR count). The molecule has 0 saturated carbocycles. The van der Waals surface area contributed by atoms with Crippen LogP contribution in [0.5, 0.6) is 0 Å². The first kappa shape index (κ1) is 12.6. The van der Waals surface area contributed by atoms with E-state index in [1.807, 2.05) is 19.1 Å². The summed E-state index contributed by atoms with van der Waals surface area (Å²) in [5.74, 6) is 0. The Bertz CT molecular complexity index is 367. The molecule has 2 unspecified atom stereocenters. The molecule has 0 spiro atoms. The van der Waals surface area contributed by atoms with E-state index < -0.39 is 5.60 Å². The highest BCUT2D eigenvalue weighted by atomic mass is 16.3. The Balaban J connectivity index is 2.06. The molecule has 17 heavy (non-hydrogen) atoms. The SMILES string of the molecule is Cc1cccc(C(C)(O)CC2CCCCN2)c1. The van der Waals surface area contributed by atoms with Crippen molar-refractivity contribution in [1.29, 1.82) is 0 Å². The average molecular weight is 233 g/mol. The Hall–Kier alpha value is -0.860. The lowest BCUT2D eigenvalue weighted by molar-refractivity contribution is 0.0332. The van der Waals surface area contributed by atoms with Crippen LogP contribution >= 0.6 is 0 Å². The largest absolute Gasteiger partial charge is 0.385 e. The van der Waals surface area contributed by atoms with Crippen molar-refractivity contribution in [1.82, 2.24) is 5.32 Å². The summed E-state index contributed by atoms with van der Waals surface area (Å²) in [5.41, 5.74) is 1.52. The van der Waals surface area contributed by atoms with Gasteiger partial charge in [-0.3, -0.25) is 0 Å². The molecule has 0 aliphatic carbocycles. The quantitative estimate of drug-likeness (QED) is 0.841. The molecule has 2 atom stereocenters. The first-order chi connectivity index (χ1) is 8.08. The summed E-state index contributed by atoms with van der Waals surface area (Å²) in [5, 5.41) is 14.1. The molecule has 2 nitrogen and oxygen atoms in total. The summed E-state index contributed by atoms with van der Waals surface area (Å²) in [6.45, 7) is 5.09. The van der Waals surface area contributed by atoms with E-state index in [4.69, 9.17) is 0 Å². The van der Waals surface area contributed by atoms with E-state index in [1.54, 1.807) is 0 Å². The van der Waals surface area contributed by atoms with Crippen molar-refractivity contribution in [2.75, 3.05) is 6.54 Å². The summed E-state index contributed by atoms with van der Waals surface area (Å²) in [4.78, 5) is 0. The van der Waals surface area contributed by atoms with Crippen molar-refractivity contribution in [2.45, 2.75) is 51.2 Å². The van der Waals surface area contributed by atoms with Crippen LogP contribution in [0.25, 0.3) is 0 Å². The number of aliphatic hydroxyl groups is 1. The van der Waals surface area contributed by atoms with Crippen LogP contribution in [0, 0.1) is 6.92 Å². The van der Waals surface area contributed by atoms with Gasteiger partial charge in [0, 0.05) is 6.04 Å². The van der Waals surface area contributed by atoms with Gasteiger partial charge in [0.1, 0.15) is 0 Å².